The van der Waals surface area contributed by atoms with Crippen molar-refractivity contribution in [2.45, 2.75) is 25.9 Å². The lowest BCUT2D eigenvalue weighted by Crippen LogP contribution is -2.37. The first-order valence-corrected chi connectivity index (χ1v) is 8.94. The molecule has 0 amide bonds. The fourth-order valence-corrected chi connectivity index (χ4v) is 2.60. The van der Waals surface area contributed by atoms with Gasteiger partial charge in [-0.3, -0.25) is 4.57 Å². The van der Waals surface area contributed by atoms with E-state index in [1.807, 2.05) is 35.9 Å². The zero-order valence-corrected chi connectivity index (χ0v) is 16.3. The molecule has 0 bridgehead atoms. The molecule has 0 aromatic carbocycles. The molecule has 0 saturated carbocycles. The third kappa shape index (κ3) is 6.24. The molecule has 2 rings (SSSR count). The number of rotatable bonds is 11. The Balaban J connectivity index is 1.98. The number of ether oxygens (including phenoxy) is 1. The van der Waals surface area contributed by atoms with Gasteiger partial charge in [-0.15, -0.1) is 16.8 Å². The van der Waals surface area contributed by atoms with E-state index in [1.165, 1.54) is 0 Å². The molecule has 7 heteroatoms. The summed E-state index contributed by atoms with van der Waals surface area (Å²) in [5.74, 6) is 2.15. The minimum Gasteiger partial charge on any atom is -0.472 e. The quantitative estimate of drug-likeness (QED) is 0.574. The van der Waals surface area contributed by atoms with Gasteiger partial charge in [0.1, 0.15) is 11.9 Å². The Kier molecular flexibility index (Phi) is 7.74. The van der Waals surface area contributed by atoms with Crippen molar-refractivity contribution < 1.29 is 4.74 Å². The maximum absolute atomic E-state index is 6.10. The van der Waals surface area contributed by atoms with Crippen LogP contribution in [0.15, 0.2) is 37.2 Å². The number of aromatic nitrogens is 4. The summed E-state index contributed by atoms with van der Waals surface area (Å²) in [6.45, 7) is 8.59. The molecule has 2 aromatic rings. The topological polar surface area (TPSA) is 59.3 Å². The Bertz CT molecular complexity index is 667. The van der Waals surface area contributed by atoms with Gasteiger partial charge in [0, 0.05) is 38.1 Å². The highest BCUT2D eigenvalue weighted by atomic mass is 16.5. The number of nitrogens with zero attached hydrogens (tertiary/aromatic N) is 6. The number of imidazole rings is 1. The Morgan fingerprint density at radius 3 is 2.62 bits per heavy atom. The molecule has 0 aliphatic carbocycles. The predicted molar refractivity (Wildman–Crippen MR) is 104 cm³/mol. The van der Waals surface area contributed by atoms with Crippen molar-refractivity contribution in [2.75, 3.05) is 40.8 Å². The van der Waals surface area contributed by atoms with Crippen LogP contribution in [0.1, 0.15) is 18.7 Å². The van der Waals surface area contributed by atoms with Crippen LogP contribution in [0.3, 0.4) is 0 Å². The maximum atomic E-state index is 6.10. The first kappa shape index (κ1) is 20.1. The molecule has 0 aliphatic rings. The van der Waals surface area contributed by atoms with Gasteiger partial charge in [-0.25, -0.2) is 4.98 Å². The normalized spacial score (nSPS) is 12.5. The van der Waals surface area contributed by atoms with Gasteiger partial charge >= 0.3 is 0 Å². The van der Waals surface area contributed by atoms with Crippen LogP contribution in [0.4, 0.5) is 0 Å². The molecule has 26 heavy (non-hydrogen) atoms. The van der Waals surface area contributed by atoms with Crippen molar-refractivity contribution >= 4 is 0 Å². The molecule has 0 spiro atoms. The molecule has 7 nitrogen and oxygen atoms in total. The monoisotopic (exact) mass is 358 g/mol. The second kappa shape index (κ2) is 10.0. The molecule has 0 radical (unpaired) electrons. The van der Waals surface area contributed by atoms with Crippen molar-refractivity contribution in [3.63, 3.8) is 0 Å². The third-order valence-electron chi connectivity index (χ3n) is 4.12. The van der Waals surface area contributed by atoms with Crippen LogP contribution >= 0.6 is 0 Å². The fourth-order valence-electron chi connectivity index (χ4n) is 2.60. The van der Waals surface area contributed by atoms with Gasteiger partial charge in [0.25, 0.3) is 0 Å². The van der Waals surface area contributed by atoms with Gasteiger partial charge in [0.2, 0.25) is 5.88 Å². The highest BCUT2D eigenvalue weighted by molar-refractivity contribution is 5.25. The summed E-state index contributed by atoms with van der Waals surface area (Å²) >= 11 is 0. The summed E-state index contributed by atoms with van der Waals surface area (Å²) in [6.07, 6.45) is 7.40. The van der Waals surface area contributed by atoms with Crippen LogP contribution in [0, 0.1) is 6.92 Å². The Labute approximate surface area is 156 Å². The van der Waals surface area contributed by atoms with Crippen LogP contribution in [0.5, 0.6) is 5.88 Å². The first-order chi connectivity index (χ1) is 12.5. The number of allylic oxidation sites excluding steroid dienone is 1. The molecule has 0 aliphatic heterocycles. The predicted octanol–water partition coefficient (Wildman–Crippen LogP) is 2.18. The zero-order chi connectivity index (χ0) is 18.9. The van der Waals surface area contributed by atoms with Crippen molar-refractivity contribution in [2.24, 2.45) is 0 Å². The van der Waals surface area contributed by atoms with Gasteiger partial charge < -0.3 is 14.5 Å². The Morgan fingerprint density at radius 2 is 2.04 bits per heavy atom. The molecule has 0 N–H and O–H groups in total. The van der Waals surface area contributed by atoms with Gasteiger partial charge in [-0.05, 0) is 47.0 Å². The van der Waals surface area contributed by atoms with E-state index in [1.54, 1.807) is 6.20 Å². The van der Waals surface area contributed by atoms with Crippen LogP contribution in [0.2, 0.25) is 0 Å². The highest BCUT2D eigenvalue weighted by Crippen LogP contribution is 2.14. The Hall–Kier alpha value is -2.25. The standard InChI is InChI=1S/C19H30N6O/c1-6-7-8-17(15-24(5)14-13-23(3)4)26-19-10-9-18(21-22-19)25-12-11-20-16(25)2/h6,9-12,17H,1,7-8,13-15H2,2-5H3. The largest absolute Gasteiger partial charge is 0.472 e. The van der Waals surface area contributed by atoms with Crippen molar-refractivity contribution in [1.29, 1.82) is 0 Å². The minimum absolute atomic E-state index is 0.0512. The zero-order valence-electron chi connectivity index (χ0n) is 16.3. The van der Waals surface area contributed by atoms with Crippen LogP contribution in [0.25, 0.3) is 5.82 Å². The molecule has 2 heterocycles. The van der Waals surface area contributed by atoms with E-state index >= 15 is 0 Å². The molecule has 1 unspecified atom stereocenters. The highest BCUT2D eigenvalue weighted by Gasteiger charge is 2.14. The van der Waals surface area contributed by atoms with E-state index in [9.17, 15) is 0 Å². The van der Waals surface area contributed by atoms with E-state index in [0.29, 0.717) is 5.88 Å². The smallest absolute Gasteiger partial charge is 0.233 e. The van der Waals surface area contributed by atoms with E-state index in [-0.39, 0.29) is 6.10 Å². The average Bonchev–Trinajstić information content (AvgIpc) is 3.04. The lowest BCUT2D eigenvalue weighted by molar-refractivity contribution is 0.130. The molecule has 0 saturated heterocycles. The summed E-state index contributed by atoms with van der Waals surface area (Å²) in [6, 6.07) is 3.76. The number of likely N-dealkylation sites (N-methyl/N-ethyl adjacent to an activating group) is 2. The molecular formula is C19H30N6O. The van der Waals surface area contributed by atoms with E-state index < -0.39 is 0 Å². The molecule has 2 aromatic heterocycles. The van der Waals surface area contributed by atoms with Crippen LogP contribution in [-0.4, -0.2) is 76.4 Å². The molecule has 142 valence electrons. The number of hydrogen-bond donors (Lipinski definition) is 0. The summed E-state index contributed by atoms with van der Waals surface area (Å²) in [4.78, 5) is 8.67. The molecule has 1 atom stereocenters. The summed E-state index contributed by atoms with van der Waals surface area (Å²) < 4.78 is 7.98. The minimum atomic E-state index is 0.0512. The lowest BCUT2D eigenvalue weighted by atomic mass is 10.2. The van der Waals surface area contributed by atoms with Gasteiger partial charge in [0.05, 0.1) is 0 Å². The van der Waals surface area contributed by atoms with Gasteiger partial charge in [-0.2, -0.15) is 0 Å². The molecule has 0 fully saturated rings. The summed E-state index contributed by atoms with van der Waals surface area (Å²) in [5, 5.41) is 8.49. The van der Waals surface area contributed by atoms with Crippen molar-refractivity contribution in [1.82, 2.24) is 29.5 Å². The number of aryl methyl sites for hydroxylation is 1. The fraction of sp³-hybridized carbons (Fsp3) is 0.526. The third-order valence-corrected chi connectivity index (χ3v) is 4.12. The van der Waals surface area contributed by atoms with E-state index in [2.05, 4.69) is 52.7 Å². The number of hydrogen-bond acceptors (Lipinski definition) is 6. The first-order valence-electron chi connectivity index (χ1n) is 8.94. The second-order valence-electron chi connectivity index (χ2n) is 6.75. The van der Waals surface area contributed by atoms with Crippen LogP contribution < -0.4 is 4.74 Å². The van der Waals surface area contributed by atoms with Crippen molar-refractivity contribution in [3.8, 4) is 11.7 Å². The van der Waals surface area contributed by atoms with Crippen molar-refractivity contribution in [3.05, 3.63) is 43.0 Å². The van der Waals surface area contributed by atoms with Crippen LogP contribution in [-0.2, 0) is 0 Å². The lowest BCUT2D eigenvalue weighted by Gasteiger charge is -2.25. The van der Waals surface area contributed by atoms with E-state index in [0.717, 1.165) is 44.1 Å². The second-order valence-corrected chi connectivity index (χ2v) is 6.75. The summed E-state index contributed by atoms with van der Waals surface area (Å²) in [7, 11) is 6.28. The molecular weight excluding hydrogens is 328 g/mol. The average molecular weight is 358 g/mol. The SMILES string of the molecule is C=CCCC(CN(C)CCN(C)C)Oc1ccc(-n2ccnc2C)nn1. The van der Waals surface area contributed by atoms with Gasteiger partial charge in [0.15, 0.2) is 5.82 Å². The maximum Gasteiger partial charge on any atom is 0.233 e. The van der Waals surface area contributed by atoms with E-state index in [4.69, 9.17) is 4.74 Å². The summed E-state index contributed by atoms with van der Waals surface area (Å²) in [5.41, 5.74) is 0. The Morgan fingerprint density at radius 1 is 1.23 bits per heavy atom. The van der Waals surface area contributed by atoms with Gasteiger partial charge in [-0.1, -0.05) is 6.08 Å².